The average Bonchev–Trinajstić information content (AvgIpc) is 3.32. The van der Waals surface area contributed by atoms with Crippen LogP contribution in [-0.4, -0.2) is 60.0 Å². The highest BCUT2D eigenvalue weighted by Crippen LogP contribution is 2.30. The summed E-state index contributed by atoms with van der Waals surface area (Å²) in [6.45, 7) is 2.34. The molecule has 1 aliphatic rings. The number of nitrogens with zero attached hydrogens (tertiary/aromatic N) is 2. The normalized spacial score (nSPS) is 14.8. The van der Waals surface area contributed by atoms with Crippen LogP contribution in [0, 0.1) is 0 Å². The molecule has 0 radical (unpaired) electrons. The van der Waals surface area contributed by atoms with Crippen molar-refractivity contribution in [1.82, 2.24) is 4.31 Å². The van der Waals surface area contributed by atoms with Gasteiger partial charge in [0.1, 0.15) is 12.3 Å². The number of para-hydroxylation sites is 1. The fraction of sp³-hybridized carbons (Fsp3) is 0.409. The fourth-order valence-electron chi connectivity index (χ4n) is 3.78. The van der Waals surface area contributed by atoms with Gasteiger partial charge in [-0.25, -0.2) is 16.8 Å². The first-order chi connectivity index (χ1) is 15.6. The number of methoxy groups -OCH3 is 1. The van der Waals surface area contributed by atoms with Crippen LogP contribution in [0.4, 0.5) is 11.4 Å². The van der Waals surface area contributed by atoms with Crippen LogP contribution < -0.4 is 14.4 Å². The van der Waals surface area contributed by atoms with Crippen LogP contribution in [0.3, 0.4) is 0 Å². The number of sulfonamides is 2. The maximum absolute atomic E-state index is 12.9. The number of aryl methyl sites for hydroxylation is 1. The second-order valence-electron chi connectivity index (χ2n) is 7.77. The Morgan fingerprint density at radius 3 is 2.36 bits per heavy atom. The lowest BCUT2D eigenvalue weighted by Gasteiger charge is -2.24. The van der Waals surface area contributed by atoms with Gasteiger partial charge in [0.25, 0.3) is 0 Å². The Morgan fingerprint density at radius 1 is 1.09 bits per heavy atom. The molecule has 0 unspecified atom stereocenters. The van der Waals surface area contributed by atoms with Gasteiger partial charge in [-0.2, -0.15) is 4.31 Å². The summed E-state index contributed by atoms with van der Waals surface area (Å²) in [7, 11) is -6.05. The number of amides is 1. The zero-order valence-corrected chi connectivity index (χ0v) is 20.6. The largest absolute Gasteiger partial charge is 0.495 e. The molecule has 1 N–H and O–H groups in total. The summed E-state index contributed by atoms with van der Waals surface area (Å²) in [5, 5.41) is 2.62. The molecule has 9 nitrogen and oxygen atoms in total. The van der Waals surface area contributed by atoms with Crippen molar-refractivity contribution in [1.29, 1.82) is 0 Å². The Bertz CT molecular complexity index is 1220. The number of hydrogen-bond donors (Lipinski definition) is 1. The molecule has 1 amide bonds. The van der Waals surface area contributed by atoms with Crippen molar-refractivity contribution in [2.75, 3.05) is 42.6 Å². The van der Waals surface area contributed by atoms with Gasteiger partial charge in [0.05, 0.1) is 29.6 Å². The van der Waals surface area contributed by atoms with Crippen molar-refractivity contribution >= 4 is 37.3 Å². The van der Waals surface area contributed by atoms with Gasteiger partial charge in [-0.05, 0) is 49.1 Å². The average molecular weight is 496 g/mol. The highest BCUT2D eigenvalue weighted by molar-refractivity contribution is 7.92. The molecule has 0 atom stereocenters. The summed E-state index contributed by atoms with van der Waals surface area (Å²) in [5.41, 5.74) is 1.36. The van der Waals surface area contributed by atoms with Crippen molar-refractivity contribution in [3.05, 3.63) is 48.0 Å². The van der Waals surface area contributed by atoms with Crippen LogP contribution in [0.2, 0.25) is 0 Å². The van der Waals surface area contributed by atoms with Crippen molar-refractivity contribution in [2.45, 2.75) is 31.1 Å². The third-order valence-electron chi connectivity index (χ3n) is 5.48. The van der Waals surface area contributed by atoms with E-state index in [0.29, 0.717) is 25.2 Å². The van der Waals surface area contributed by atoms with Crippen LogP contribution in [0.5, 0.6) is 5.75 Å². The highest BCUT2D eigenvalue weighted by Gasteiger charge is 2.28. The molecule has 0 bridgehead atoms. The molecule has 0 spiro atoms. The summed E-state index contributed by atoms with van der Waals surface area (Å²) < 4.78 is 58.5. The molecule has 1 aliphatic heterocycles. The number of benzene rings is 2. The van der Waals surface area contributed by atoms with Gasteiger partial charge in [0.2, 0.25) is 26.0 Å². The number of carbonyl (C=O) groups excluding carboxylic acids is 1. The molecule has 0 saturated carbocycles. The summed E-state index contributed by atoms with van der Waals surface area (Å²) >= 11 is 0. The van der Waals surface area contributed by atoms with Gasteiger partial charge >= 0.3 is 0 Å². The second kappa shape index (κ2) is 10.1. The predicted molar refractivity (Wildman–Crippen MR) is 128 cm³/mol. The minimum Gasteiger partial charge on any atom is -0.495 e. The molecule has 1 heterocycles. The van der Waals surface area contributed by atoms with Crippen LogP contribution >= 0.6 is 0 Å². The van der Waals surface area contributed by atoms with E-state index in [-0.39, 0.29) is 16.3 Å². The lowest BCUT2D eigenvalue weighted by atomic mass is 10.1. The minimum absolute atomic E-state index is 0.0387. The van der Waals surface area contributed by atoms with E-state index in [9.17, 15) is 21.6 Å². The zero-order valence-electron chi connectivity index (χ0n) is 18.9. The van der Waals surface area contributed by atoms with Gasteiger partial charge in [-0.1, -0.05) is 25.1 Å². The van der Waals surface area contributed by atoms with Crippen LogP contribution in [-0.2, 0) is 31.3 Å². The van der Waals surface area contributed by atoms with E-state index in [2.05, 4.69) is 5.32 Å². The standard InChI is InChI=1S/C22H29N3O6S2/c1-4-17-9-5-6-10-20(17)25(32(3,27)28)16-22(26)23-19-15-18(11-12-21(19)31-2)33(29,30)24-13-7-8-14-24/h5-6,9-12,15H,4,7-8,13-14,16H2,1-3H3,(H,23,26). The van der Waals surface area contributed by atoms with Crippen molar-refractivity contribution in [3.63, 3.8) is 0 Å². The molecule has 1 fully saturated rings. The summed E-state index contributed by atoms with van der Waals surface area (Å²) in [6, 6.07) is 11.2. The third-order valence-corrected chi connectivity index (χ3v) is 8.50. The maximum Gasteiger partial charge on any atom is 0.245 e. The molecule has 180 valence electrons. The van der Waals surface area contributed by atoms with Crippen molar-refractivity contribution in [2.24, 2.45) is 0 Å². The van der Waals surface area contributed by atoms with Gasteiger partial charge in [-0.3, -0.25) is 9.10 Å². The van der Waals surface area contributed by atoms with Gasteiger partial charge in [-0.15, -0.1) is 0 Å². The van der Waals surface area contributed by atoms with Crippen LogP contribution in [0.1, 0.15) is 25.3 Å². The highest BCUT2D eigenvalue weighted by atomic mass is 32.2. The number of nitrogens with one attached hydrogen (secondary N) is 1. The van der Waals surface area contributed by atoms with E-state index < -0.39 is 32.5 Å². The first-order valence-electron chi connectivity index (χ1n) is 10.6. The molecule has 0 aromatic heterocycles. The Morgan fingerprint density at radius 2 is 1.76 bits per heavy atom. The smallest absolute Gasteiger partial charge is 0.245 e. The first kappa shape index (κ1) is 25.0. The minimum atomic E-state index is -3.76. The van der Waals surface area contributed by atoms with E-state index in [1.807, 2.05) is 6.92 Å². The molecule has 1 saturated heterocycles. The van der Waals surface area contributed by atoms with Gasteiger partial charge in [0.15, 0.2) is 0 Å². The number of hydrogen-bond acceptors (Lipinski definition) is 6. The predicted octanol–water partition coefficient (Wildman–Crippen LogP) is 2.45. The van der Waals surface area contributed by atoms with Gasteiger partial charge < -0.3 is 10.1 Å². The Hall–Kier alpha value is -2.63. The van der Waals surface area contributed by atoms with Crippen LogP contribution in [0.15, 0.2) is 47.4 Å². The Labute approximate surface area is 195 Å². The van der Waals surface area contributed by atoms with Crippen molar-refractivity contribution in [3.8, 4) is 5.75 Å². The third kappa shape index (κ3) is 5.66. The van der Waals surface area contributed by atoms with E-state index in [1.165, 1.54) is 29.6 Å². The van der Waals surface area contributed by atoms with Crippen molar-refractivity contribution < 1.29 is 26.4 Å². The monoisotopic (exact) mass is 495 g/mol. The molecule has 2 aromatic rings. The first-order valence-corrected chi connectivity index (χ1v) is 13.9. The van der Waals surface area contributed by atoms with E-state index >= 15 is 0 Å². The van der Waals surface area contributed by atoms with E-state index in [0.717, 1.165) is 29.0 Å². The topological polar surface area (TPSA) is 113 Å². The number of ether oxygens (including phenoxy) is 1. The molecular formula is C22H29N3O6S2. The number of rotatable bonds is 9. The van der Waals surface area contributed by atoms with E-state index in [1.54, 1.807) is 24.3 Å². The second-order valence-corrected chi connectivity index (χ2v) is 11.6. The number of carbonyl (C=O) groups is 1. The van der Waals surface area contributed by atoms with E-state index in [4.69, 9.17) is 4.74 Å². The molecule has 11 heteroatoms. The Kier molecular flexibility index (Phi) is 7.65. The fourth-order valence-corrected chi connectivity index (χ4v) is 6.21. The zero-order chi connectivity index (χ0) is 24.2. The lowest BCUT2D eigenvalue weighted by Crippen LogP contribution is -2.38. The molecule has 3 rings (SSSR count). The molecule has 33 heavy (non-hydrogen) atoms. The summed E-state index contributed by atoms with van der Waals surface area (Å²) in [5.74, 6) is -0.357. The Balaban J connectivity index is 1.89. The number of anilines is 2. The maximum atomic E-state index is 12.9. The van der Waals surface area contributed by atoms with Gasteiger partial charge in [0, 0.05) is 13.1 Å². The molecule has 2 aromatic carbocycles. The summed E-state index contributed by atoms with van der Waals surface area (Å²) in [6.07, 6.45) is 3.24. The SMILES string of the molecule is CCc1ccccc1N(CC(=O)Nc1cc(S(=O)(=O)N2CCCC2)ccc1OC)S(C)(=O)=O. The molecular weight excluding hydrogens is 466 g/mol. The molecule has 0 aliphatic carbocycles. The van der Waals surface area contributed by atoms with Crippen LogP contribution in [0.25, 0.3) is 0 Å². The quantitative estimate of drug-likeness (QED) is 0.572. The summed E-state index contributed by atoms with van der Waals surface area (Å²) in [4.78, 5) is 12.9. The lowest BCUT2D eigenvalue weighted by molar-refractivity contribution is -0.114.